The van der Waals surface area contributed by atoms with Crippen LogP contribution in [-0.4, -0.2) is 40.6 Å². The van der Waals surface area contributed by atoms with Gasteiger partial charge in [0.25, 0.3) is 11.5 Å². The van der Waals surface area contributed by atoms with Crippen molar-refractivity contribution in [3.8, 4) is 0 Å². The molecule has 104 valence electrons. The third-order valence-electron chi connectivity index (χ3n) is 3.63. The first-order valence-corrected chi connectivity index (χ1v) is 6.72. The predicted molar refractivity (Wildman–Crippen MR) is 72.1 cm³/mol. The van der Waals surface area contributed by atoms with Crippen molar-refractivity contribution in [2.45, 2.75) is 26.2 Å². The normalized spacial score (nSPS) is 19.5. The van der Waals surface area contributed by atoms with Crippen molar-refractivity contribution in [2.24, 2.45) is 5.92 Å². The zero-order chi connectivity index (χ0) is 13.8. The number of amides is 1. The molecular formula is C14H20N2O3. The Hall–Kier alpha value is -1.62. The number of rotatable bonds is 3. The number of piperidine rings is 1. The van der Waals surface area contributed by atoms with E-state index >= 15 is 0 Å². The van der Waals surface area contributed by atoms with Gasteiger partial charge >= 0.3 is 0 Å². The second kappa shape index (κ2) is 6.02. The third-order valence-corrected chi connectivity index (χ3v) is 3.63. The van der Waals surface area contributed by atoms with Crippen LogP contribution in [0.25, 0.3) is 0 Å². The minimum Gasteiger partial charge on any atom is -0.396 e. The summed E-state index contributed by atoms with van der Waals surface area (Å²) in [6, 6.07) is 3.33. The van der Waals surface area contributed by atoms with Crippen LogP contribution in [0.2, 0.25) is 0 Å². The van der Waals surface area contributed by atoms with Gasteiger partial charge in [-0.3, -0.25) is 9.59 Å². The van der Waals surface area contributed by atoms with Gasteiger partial charge in [-0.2, -0.15) is 0 Å². The fourth-order valence-corrected chi connectivity index (χ4v) is 2.58. The van der Waals surface area contributed by atoms with E-state index in [0.29, 0.717) is 25.4 Å². The summed E-state index contributed by atoms with van der Waals surface area (Å²) in [5.41, 5.74) is 0.628. The molecule has 5 nitrogen and oxygen atoms in total. The molecule has 1 amide bonds. The van der Waals surface area contributed by atoms with Crippen molar-refractivity contribution in [3.63, 3.8) is 0 Å². The first-order valence-electron chi connectivity index (χ1n) is 6.72. The molecule has 2 N–H and O–H groups in total. The lowest BCUT2D eigenvalue weighted by Gasteiger charge is -2.32. The molecular weight excluding hydrogens is 244 g/mol. The number of nitrogens with zero attached hydrogens (tertiary/aromatic N) is 1. The summed E-state index contributed by atoms with van der Waals surface area (Å²) in [6.45, 7) is 3.26. The number of hydrogen-bond donors (Lipinski definition) is 2. The predicted octanol–water partition coefficient (Wildman–Crippen LogP) is 0.918. The average molecular weight is 264 g/mol. The second-order valence-corrected chi connectivity index (χ2v) is 5.16. The zero-order valence-electron chi connectivity index (χ0n) is 11.2. The molecule has 0 radical (unpaired) electrons. The van der Waals surface area contributed by atoms with Gasteiger partial charge in [0.2, 0.25) is 0 Å². The van der Waals surface area contributed by atoms with E-state index in [9.17, 15) is 9.59 Å². The van der Waals surface area contributed by atoms with E-state index in [1.807, 2.05) is 0 Å². The molecule has 0 aliphatic carbocycles. The molecule has 5 heteroatoms. The van der Waals surface area contributed by atoms with Gasteiger partial charge in [0.15, 0.2) is 0 Å². The number of carbonyl (C=O) groups excluding carboxylic acids is 1. The van der Waals surface area contributed by atoms with E-state index in [1.54, 1.807) is 24.0 Å². The molecule has 1 saturated heterocycles. The van der Waals surface area contributed by atoms with Crippen molar-refractivity contribution in [2.75, 3.05) is 19.7 Å². The summed E-state index contributed by atoms with van der Waals surface area (Å²) >= 11 is 0. The van der Waals surface area contributed by atoms with Crippen LogP contribution in [0.5, 0.6) is 0 Å². The molecule has 1 aliphatic rings. The molecule has 19 heavy (non-hydrogen) atoms. The van der Waals surface area contributed by atoms with Crippen LogP contribution in [0.4, 0.5) is 0 Å². The minimum atomic E-state index is -0.325. The second-order valence-electron chi connectivity index (χ2n) is 5.16. The van der Waals surface area contributed by atoms with Crippen molar-refractivity contribution < 1.29 is 9.90 Å². The number of H-pyrrole nitrogens is 1. The van der Waals surface area contributed by atoms with Crippen LogP contribution in [-0.2, 0) is 0 Å². The Morgan fingerprint density at radius 3 is 3.00 bits per heavy atom. The SMILES string of the molecule is Cc1ccc(C(=O)N2CCCC(CCO)C2)c(=O)[nH]1. The minimum absolute atomic E-state index is 0.151. The summed E-state index contributed by atoms with van der Waals surface area (Å²) in [5, 5.41) is 8.98. The molecule has 2 heterocycles. The summed E-state index contributed by atoms with van der Waals surface area (Å²) in [6.07, 6.45) is 2.68. The van der Waals surface area contributed by atoms with Crippen LogP contribution < -0.4 is 5.56 Å². The number of pyridine rings is 1. The van der Waals surface area contributed by atoms with Gasteiger partial charge in [-0.1, -0.05) is 0 Å². The molecule has 0 aromatic carbocycles. The summed E-state index contributed by atoms with van der Waals surface area (Å²) in [4.78, 5) is 28.5. The fourth-order valence-electron chi connectivity index (χ4n) is 2.58. The highest BCUT2D eigenvalue weighted by molar-refractivity contribution is 5.93. The highest BCUT2D eigenvalue weighted by Crippen LogP contribution is 2.20. The van der Waals surface area contributed by atoms with Crippen LogP contribution in [0, 0.1) is 12.8 Å². The van der Waals surface area contributed by atoms with Gasteiger partial charge in [-0.15, -0.1) is 0 Å². The van der Waals surface area contributed by atoms with E-state index in [2.05, 4.69) is 4.98 Å². The number of aromatic nitrogens is 1. The number of aryl methyl sites for hydroxylation is 1. The topological polar surface area (TPSA) is 73.4 Å². The molecule has 1 aromatic heterocycles. The Bertz CT molecular complexity index is 508. The summed E-state index contributed by atoms with van der Waals surface area (Å²) in [7, 11) is 0. The summed E-state index contributed by atoms with van der Waals surface area (Å²) in [5.74, 6) is 0.135. The fraction of sp³-hybridized carbons (Fsp3) is 0.571. The van der Waals surface area contributed by atoms with E-state index in [4.69, 9.17) is 5.11 Å². The van der Waals surface area contributed by atoms with Crippen LogP contribution >= 0.6 is 0 Å². The van der Waals surface area contributed by atoms with Crippen molar-refractivity contribution in [3.05, 3.63) is 33.7 Å². The molecule has 1 aromatic rings. The Kier molecular flexibility index (Phi) is 4.37. The highest BCUT2D eigenvalue weighted by Gasteiger charge is 2.25. The maximum absolute atomic E-state index is 12.3. The van der Waals surface area contributed by atoms with Gasteiger partial charge in [-0.05, 0) is 44.2 Å². The lowest BCUT2D eigenvalue weighted by molar-refractivity contribution is 0.0652. The Morgan fingerprint density at radius 2 is 2.32 bits per heavy atom. The number of aliphatic hydroxyl groups excluding tert-OH is 1. The Balaban J connectivity index is 2.12. The first kappa shape index (κ1) is 13.8. The molecule has 0 bridgehead atoms. The van der Waals surface area contributed by atoms with E-state index < -0.39 is 0 Å². The number of aliphatic hydroxyl groups is 1. The number of carbonyl (C=O) groups is 1. The summed E-state index contributed by atoms with van der Waals surface area (Å²) < 4.78 is 0. The van der Waals surface area contributed by atoms with Crippen LogP contribution in [0.3, 0.4) is 0 Å². The molecule has 1 fully saturated rings. The number of hydrogen-bond acceptors (Lipinski definition) is 3. The molecule has 0 saturated carbocycles. The van der Waals surface area contributed by atoms with E-state index in [0.717, 1.165) is 18.5 Å². The van der Waals surface area contributed by atoms with Crippen molar-refractivity contribution in [1.82, 2.24) is 9.88 Å². The zero-order valence-corrected chi connectivity index (χ0v) is 11.2. The Morgan fingerprint density at radius 1 is 1.53 bits per heavy atom. The molecule has 0 spiro atoms. The van der Waals surface area contributed by atoms with Gasteiger partial charge in [0.1, 0.15) is 5.56 Å². The van der Waals surface area contributed by atoms with E-state index in [-0.39, 0.29) is 23.6 Å². The monoisotopic (exact) mass is 264 g/mol. The molecule has 1 aliphatic heterocycles. The highest BCUT2D eigenvalue weighted by atomic mass is 16.3. The average Bonchev–Trinajstić information content (AvgIpc) is 2.39. The van der Waals surface area contributed by atoms with Gasteiger partial charge in [0, 0.05) is 25.4 Å². The lowest BCUT2D eigenvalue weighted by Crippen LogP contribution is -2.42. The van der Waals surface area contributed by atoms with Crippen molar-refractivity contribution >= 4 is 5.91 Å². The van der Waals surface area contributed by atoms with Crippen LogP contribution in [0.15, 0.2) is 16.9 Å². The third kappa shape index (κ3) is 3.23. The smallest absolute Gasteiger partial charge is 0.260 e. The molecule has 1 unspecified atom stereocenters. The Labute approximate surface area is 112 Å². The van der Waals surface area contributed by atoms with Gasteiger partial charge in [0.05, 0.1) is 0 Å². The van der Waals surface area contributed by atoms with Gasteiger partial charge in [-0.25, -0.2) is 0 Å². The number of likely N-dealkylation sites (tertiary alicyclic amines) is 1. The quantitative estimate of drug-likeness (QED) is 0.852. The molecule has 1 atom stereocenters. The number of aromatic amines is 1. The maximum atomic E-state index is 12.3. The maximum Gasteiger partial charge on any atom is 0.260 e. The standard InChI is InChI=1S/C14H20N2O3/c1-10-4-5-12(13(18)15-10)14(19)16-7-2-3-11(9-16)6-8-17/h4-5,11,17H,2-3,6-9H2,1H3,(H,15,18). The van der Waals surface area contributed by atoms with Crippen LogP contribution in [0.1, 0.15) is 35.3 Å². The first-order chi connectivity index (χ1) is 9.11. The van der Waals surface area contributed by atoms with Gasteiger partial charge < -0.3 is 15.0 Å². The molecule has 2 rings (SSSR count). The largest absolute Gasteiger partial charge is 0.396 e. The lowest BCUT2D eigenvalue weighted by atomic mass is 9.95. The number of nitrogens with one attached hydrogen (secondary N) is 1. The van der Waals surface area contributed by atoms with E-state index in [1.165, 1.54) is 0 Å². The van der Waals surface area contributed by atoms with Crippen molar-refractivity contribution in [1.29, 1.82) is 0 Å².